The molecule has 1 aliphatic heterocycles. The van der Waals surface area contributed by atoms with E-state index in [2.05, 4.69) is 18.9 Å². The molecule has 2 rings (SSSR count). The monoisotopic (exact) mass is 289 g/mol. The van der Waals surface area contributed by atoms with Crippen molar-refractivity contribution < 1.29 is 4.79 Å². The lowest BCUT2D eigenvalue weighted by molar-refractivity contribution is -0.133. The van der Waals surface area contributed by atoms with E-state index in [0.717, 1.165) is 25.2 Å². The summed E-state index contributed by atoms with van der Waals surface area (Å²) < 4.78 is 0. The van der Waals surface area contributed by atoms with Crippen LogP contribution in [-0.2, 0) is 4.79 Å². The summed E-state index contributed by atoms with van der Waals surface area (Å²) in [6.45, 7) is 4.23. The molecule has 1 aromatic carbocycles. The van der Waals surface area contributed by atoms with Crippen LogP contribution in [0.25, 0.3) is 0 Å². The van der Waals surface area contributed by atoms with Gasteiger partial charge in [0.05, 0.1) is 0 Å². The number of rotatable bonds is 4. The standard InChI is InChI=1S/C17H27N3O/c1-13(14-6-8-15(18)9-7-14)11-17(21)20(3)16-5-4-10-19(2)12-16/h6-9,13,16H,4-5,10-12,18H2,1-3H3. The van der Waals surface area contributed by atoms with E-state index in [-0.39, 0.29) is 11.8 Å². The van der Waals surface area contributed by atoms with E-state index in [1.54, 1.807) is 0 Å². The quantitative estimate of drug-likeness (QED) is 0.865. The molecule has 2 unspecified atom stereocenters. The maximum absolute atomic E-state index is 12.5. The number of likely N-dealkylation sites (tertiary alicyclic amines) is 1. The summed E-state index contributed by atoms with van der Waals surface area (Å²) in [6.07, 6.45) is 2.84. The van der Waals surface area contributed by atoms with Crippen LogP contribution in [0.2, 0.25) is 0 Å². The minimum Gasteiger partial charge on any atom is -0.399 e. The number of nitrogens with two attached hydrogens (primary N) is 1. The van der Waals surface area contributed by atoms with Crippen molar-refractivity contribution in [1.82, 2.24) is 9.80 Å². The van der Waals surface area contributed by atoms with Crippen LogP contribution >= 0.6 is 0 Å². The zero-order chi connectivity index (χ0) is 15.4. The van der Waals surface area contributed by atoms with Crippen molar-refractivity contribution in [3.63, 3.8) is 0 Å². The summed E-state index contributed by atoms with van der Waals surface area (Å²) >= 11 is 0. The molecule has 1 amide bonds. The van der Waals surface area contributed by atoms with Gasteiger partial charge in [-0.2, -0.15) is 0 Å². The molecule has 1 aromatic rings. The second kappa shape index (κ2) is 6.94. The SMILES string of the molecule is CC(CC(=O)N(C)C1CCCN(C)C1)c1ccc(N)cc1. The van der Waals surface area contributed by atoms with Crippen molar-refractivity contribution in [3.05, 3.63) is 29.8 Å². The summed E-state index contributed by atoms with van der Waals surface area (Å²) in [6, 6.07) is 8.19. The highest BCUT2D eigenvalue weighted by Gasteiger charge is 2.25. The normalized spacial score (nSPS) is 21.0. The molecule has 1 aliphatic rings. The van der Waals surface area contributed by atoms with Gasteiger partial charge in [0, 0.05) is 31.7 Å². The highest BCUT2D eigenvalue weighted by atomic mass is 16.2. The van der Waals surface area contributed by atoms with Gasteiger partial charge in [-0.1, -0.05) is 19.1 Å². The number of amides is 1. The molecule has 4 heteroatoms. The number of nitrogens with zero attached hydrogens (tertiary/aromatic N) is 2. The third-order valence-electron chi connectivity index (χ3n) is 4.53. The van der Waals surface area contributed by atoms with Gasteiger partial charge in [-0.3, -0.25) is 4.79 Å². The fourth-order valence-electron chi connectivity index (χ4n) is 3.01. The molecule has 0 aliphatic carbocycles. The third kappa shape index (κ3) is 4.21. The van der Waals surface area contributed by atoms with Gasteiger partial charge in [-0.05, 0) is 50.0 Å². The summed E-state index contributed by atoms with van der Waals surface area (Å²) in [5.74, 6) is 0.460. The smallest absolute Gasteiger partial charge is 0.223 e. The lowest BCUT2D eigenvalue weighted by Gasteiger charge is -2.36. The predicted octanol–water partition coefficient (Wildman–Crippen LogP) is 2.32. The lowest BCUT2D eigenvalue weighted by Crippen LogP contribution is -2.47. The first-order chi connectivity index (χ1) is 9.97. The Balaban J connectivity index is 1.92. The second-order valence-corrected chi connectivity index (χ2v) is 6.33. The molecule has 0 bridgehead atoms. The van der Waals surface area contributed by atoms with Crippen molar-refractivity contribution in [3.8, 4) is 0 Å². The minimum absolute atomic E-state index is 0.224. The van der Waals surface area contributed by atoms with Crippen molar-refractivity contribution in [2.45, 2.75) is 38.1 Å². The number of anilines is 1. The fourth-order valence-corrected chi connectivity index (χ4v) is 3.01. The minimum atomic E-state index is 0.224. The predicted molar refractivity (Wildman–Crippen MR) is 87.2 cm³/mol. The Bertz CT molecular complexity index is 471. The van der Waals surface area contributed by atoms with Crippen LogP contribution in [0.5, 0.6) is 0 Å². The number of piperidine rings is 1. The van der Waals surface area contributed by atoms with Gasteiger partial charge in [-0.15, -0.1) is 0 Å². The van der Waals surface area contributed by atoms with Crippen LogP contribution in [0, 0.1) is 0 Å². The zero-order valence-corrected chi connectivity index (χ0v) is 13.4. The van der Waals surface area contributed by atoms with Crippen LogP contribution in [0.3, 0.4) is 0 Å². The first kappa shape index (κ1) is 15.8. The van der Waals surface area contributed by atoms with Gasteiger partial charge in [0.25, 0.3) is 0 Å². The number of benzene rings is 1. The van der Waals surface area contributed by atoms with Crippen LogP contribution in [-0.4, -0.2) is 48.9 Å². The maximum atomic E-state index is 12.5. The van der Waals surface area contributed by atoms with Gasteiger partial charge in [0.1, 0.15) is 0 Å². The lowest BCUT2D eigenvalue weighted by atomic mass is 9.96. The number of hydrogen-bond donors (Lipinski definition) is 1. The van der Waals surface area contributed by atoms with Crippen molar-refractivity contribution in [2.24, 2.45) is 0 Å². The van der Waals surface area contributed by atoms with Crippen molar-refractivity contribution >= 4 is 11.6 Å². The molecule has 0 saturated carbocycles. The van der Waals surface area contributed by atoms with Gasteiger partial charge < -0.3 is 15.5 Å². The highest BCUT2D eigenvalue weighted by Crippen LogP contribution is 2.22. The molecule has 21 heavy (non-hydrogen) atoms. The third-order valence-corrected chi connectivity index (χ3v) is 4.53. The summed E-state index contributed by atoms with van der Waals surface area (Å²) in [4.78, 5) is 16.7. The van der Waals surface area contributed by atoms with Crippen LogP contribution < -0.4 is 5.73 Å². The van der Waals surface area contributed by atoms with Gasteiger partial charge in [-0.25, -0.2) is 0 Å². The molecule has 0 radical (unpaired) electrons. The van der Waals surface area contributed by atoms with Crippen molar-refractivity contribution in [1.29, 1.82) is 0 Å². The molecule has 1 fully saturated rings. The number of carbonyl (C=O) groups is 1. The molecule has 0 spiro atoms. The van der Waals surface area contributed by atoms with Crippen LogP contribution in [0.15, 0.2) is 24.3 Å². The fraction of sp³-hybridized carbons (Fsp3) is 0.588. The van der Waals surface area contributed by atoms with Crippen LogP contribution in [0.4, 0.5) is 5.69 Å². The van der Waals surface area contributed by atoms with Gasteiger partial charge in [0.15, 0.2) is 0 Å². The van der Waals surface area contributed by atoms with E-state index in [1.807, 2.05) is 36.2 Å². The van der Waals surface area contributed by atoms with E-state index in [4.69, 9.17) is 5.73 Å². The highest BCUT2D eigenvalue weighted by molar-refractivity contribution is 5.77. The number of carbonyl (C=O) groups excluding carboxylic acids is 1. The molecule has 1 saturated heterocycles. The average molecular weight is 289 g/mol. The van der Waals surface area contributed by atoms with E-state index >= 15 is 0 Å². The first-order valence-electron chi connectivity index (χ1n) is 7.77. The summed E-state index contributed by atoms with van der Waals surface area (Å²) in [5, 5.41) is 0. The molecule has 116 valence electrons. The number of nitrogen functional groups attached to an aromatic ring is 1. The number of likely N-dealkylation sites (N-methyl/N-ethyl adjacent to an activating group) is 2. The van der Waals surface area contributed by atoms with E-state index in [9.17, 15) is 4.79 Å². The Kier molecular flexibility index (Phi) is 5.23. The van der Waals surface area contributed by atoms with E-state index in [1.165, 1.54) is 12.0 Å². The molecular formula is C17H27N3O. The maximum Gasteiger partial charge on any atom is 0.223 e. The molecule has 2 atom stereocenters. The molecular weight excluding hydrogens is 262 g/mol. The van der Waals surface area contributed by atoms with Gasteiger partial charge >= 0.3 is 0 Å². The Morgan fingerprint density at radius 2 is 2.10 bits per heavy atom. The van der Waals surface area contributed by atoms with Gasteiger partial charge in [0.2, 0.25) is 5.91 Å². The number of hydrogen-bond acceptors (Lipinski definition) is 3. The molecule has 0 aromatic heterocycles. The zero-order valence-electron chi connectivity index (χ0n) is 13.4. The van der Waals surface area contributed by atoms with E-state index in [0.29, 0.717) is 12.5 Å². The summed E-state index contributed by atoms with van der Waals surface area (Å²) in [5.41, 5.74) is 7.64. The molecule has 2 N–H and O–H groups in total. The Morgan fingerprint density at radius 1 is 1.43 bits per heavy atom. The summed E-state index contributed by atoms with van der Waals surface area (Å²) in [7, 11) is 4.07. The van der Waals surface area contributed by atoms with Crippen molar-refractivity contribution in [2.75, 3.05) is 32.9 Å². The van der Waals surface area contributed by atoms with E-state index < -0.39 is 0 Å². The topological polar surface area (TPSA) is 49.6 Å². The molecule has 1 heterocycles. The average Bonchev–Trinajstić information content (AvgIpc) is 2.47. The Morgan fingerprint density at radius 3 is 2.71 bits per heavy atom. The Labute approximate surface area is 127 Å². The Hall–Kier alpha value is -1.55. The first-order valence-corrected chi connectivity index (χ1v) is 7.77. The second-order valence-electron chi connectivity index (χ2n) is 6.33. The van der Waals surface area contributed by atoms with Crippen LogP contribution in [0.1, 0.15) is 37.7 Å². The largest absolute Gasteiger partial charge is 0.399 e. The molecule has 4 nitrogen and oxygen atoms in total.